The van der Waals surface area contributed by atoms with Gasteiger partial charge < -0.3 is 29.8 Å². The number of hydrogen-bond acceptors (Lipinski definition) is 6. The van der Waals surface area contributed by atoms with Crippen molar-refractivity contribution >= 4 is 41.1 Å². The number of hydrogen-bond donors (Lipinski definition) is 1. The van der Waals surface area contributed by atoms with Crippen molar-refractivity contribution in [2.75, 3.05) is 24.3 Å². The third-order valence-electron chi connectivity index (χ3n) is 14.6. The highest BCUT2D eigenvalue weighted by Gasteiger charge is 2.79. The zero-order chi connectivity index (χ0) is 40.9. The second-order valence-corrected chi connectivity index (χ2v) is 17.3. The summed E-state index contributed by atoms with van der Waals surface area (Å²) in [6, 6.07) is 43.4. The maximum absolute atomic E-state index is 15.5. The standard InChI is InChI=1S/C50H46N6O4/c1-52-39(28-33-18-8-4-9-19-33)45(59)55-41(43(52)57)30-49(35-22-12-14-24-37(35)51-47(49)55)50-31-42-44(58)53(2)40(29-34-20-10-5-11-21-34)46(60)56(42)48(50)54(38-25-15-13-23-36(38)50)27-26-32-16-6-3-7-17-32/h3-27,39-42,47-48,51H,28-31H2,1-2H3/b27-26+. The summed E-state index contributed by atoms with van der Waals surface area (Å²) in [5.41, 5.74) is 4.87. The van der Waals surface area contributed by atoms with Crippen molar-refractivity contribution in [2.24, 2.45) is 0 Å². The van der Waals surface area contributed by atoms with Crippen molar-refractivity contribution in [1.29, 1.82) is 0 Å². The van der Waals surface area contributed by atoms with Gasteiger partial charge in [-0.25, -0.2) is 0 Å². The molecule has 4 saturated heterocycles. The highest BCUT2D eigenvalue weighted by molar-refractivity contribution is 6.01. The lowest BCUT2D eigenvalue weighted by Crippen LogP contribution is -2.68. The average Bonchev–Trinajstić information content (AvgIpc) is 4.00. The molecule has 8 atom stereocenters. The van der Waals surface area contributed by atoms with E-state index in [1.807, 2.05) is 125 Å². The zero-order valence-electron chi connectivity index (χ0n) is 33.6. The fraction of sp³-hybridized carbons (Fsp3) is 0.280. The van der Waals surface area contributed by atoms with Gasteiger partial charge in [-0.1, -0.05) is 127 Å². The molecule has 60 heavy (non-hydrogen) atoms. The molecule has 5 aromatic rings. The van der Waals surface area contributed by atoms with Crippen LogP contribution in [-0.2, 0) is 42.8 Å². The van der Waals surface area contributed by atoms with Gasteiger partial charge in [0.2, 0.25) is 23.6 Å². The molecule has 6 heterocycles. The van der Waals surface area contributed by atoms with Crippen LogP contribution in [0.15, 0.2) is 146 Å². The van der Waals surface area contributed by atoms with Gasteiger partial charge in [0.15, 0.2) is 0 Å². The Kier molecular flexibility index (Phi) is 8.14. The Balaban J connectivity index is 1.13. The number of rotatable bonds is 7. The quantitative estimate of drug-likeness (QED) is 0.224. The second-order valence-electron chi connectivity index (χ2n) is 17.3. The summed E-state index contributed by atoms with van der Waals surface area (Å²) >= 11 is 0. The van der Waals surface area contributed by atoms with E-state index in [0.29, 0.717) is 25.7 Å². The first-order valence-electron chi connectivity index (χ1n) is 21.0. The van der Waals surface area contributed by atoms with Crippen LogP contribution >= 0.6 is 0 Å². The fourth-order valence-electron chi connectivity index (χ4n) is 12.0. The maximum Gasteiger partial charge on any atom is 0.248 e. The van der Waals surface area contributed by atoms with Crippen LogP contribution in [0.5, 0.6) is 0 Å². The molecule has 10 nitrogen and oxygen atoms in total. The summed E-state index contributed by atoms with van der Waals surface area (Å²) in [7, 11) is 3.52. The van der Waals surface area contributed by atoms with Gasteiger partial charge in [-0.15, -0.1) is 0 Å². The lowest BCUT2D eigenvalue weighted by atomic mass is 9.54. The Bertz CT molecular complexity index is 2590. The maximum atomic E-state index is 15.5. The molecule has 4 amide bonds. The van der Waals surface area contributed by atoms with Crippen LogP contribution in [0, 0.1) is 0 Å². The van der Waals surface area contributed by atoms with Crippen LogP contribution in [0.25, 0.3) is 6.08 Å². The van der Waals surface area contributed by atoms with Crippen molar-refractivity contribution in [3.05, 3.63) is 174 Å². The second kappa shape index (κ2) is 13.4. The van der Waals surface area contributed by atoms with Crippen LogP contribution in [-0.4, -0.2) is 93.8 Å². The van der Waals surface area contributed by atoms with Crippen molar-refractivity contribution in [2.45, 2.75) is 73.0 Å². The molecule has 0 radical (unpaired) electrons. The van der Waals surface area contributed by atoms with E-state index in [1.54, 1.807) is 23.9 Å². The van der Waals surface area contributed by atoms with Crippen LogP contribution < -0.4 is 10.2 Å². The molecule has 10 heteroatoms. The minimum Gasteiger partial charge on any atom is -0.364 e. The van der Waals surface area contributed by atoms with Gasteiger partial charge in [0.25, 0.3) is 0 Å². The molecule has 0 bridgehead atoms. The van der Waals surface area contributed by atoms with Gasteiger partial charge in [-0.3, -0.25) is 19.2 Å². The van der Waals surface area contributed by atoms with E-state index in [4.69, 9.17) is 0 Å². The number of benzene rings is 5. The summed E-state index contributed by atoms with van der Waals surface area (Å²) in [4.78, 5) is 69.9. The van der Waals surface area contributed by atoms with Gasteiger partial charge in [-0.05, 0) is 58.9 Å². The molecular formula is C50H46N6O4. The number of likely N-dealkylation sites (N-methyl/N-ethyl adjacent to an activating group) is 2. The number of para-hydroxylation sites is 2. The monoisotopic (exact) mass is 794 g/mol. The van der Waals surface area contributed by atoms with E-state index < -0.39 is 47.3 Å². The summed E-state index contributed by atoms with van der Waals surface area (Å²) < 4.78 is 0. The molecular weight excluding hydrogens is 749 g/mol. The van der Waals surface area contributed by atoms with Gasteiger partial charge >= 0.3 is 0 Å². The Morgan fingerprint density at radius 3 is 1.70 bits per heavy atom. The molecule has 11 rings (SSSR count). The SMILES string of the molecule is CN1C(=O)C2CC3(C45CC6C(=O)N(C)C(Cc7ccccc7)C(=O)N6C4N(/C=C/c4ccccc4)c4ccccc45)c4ccccc4NC3N2C(=O)C1Cc1ccccc1. The minimum atomic E-state index is -0.960. The Morgan fingerprint density at radius 2 is 1.07 bits per heavy atom. The first-order chi connectivity index (χ1) is 29.2. The predicted molar refractivity (Wildman–Crippen MR) is 229 cm³/mol. The summed E-state index contributed by atoms with van der Waals surface area (Å²) in [5, 5.41) is 3.83. The van der Waals surface area contributed by atoms with Crippen LogP contribution in [0.1, 0.15) is 40.7 Å². The number of amides is 4. The summed E-state index contributed by atoms with van der Waals surface area (Å²) in [5.74, 6) is -0.425. The molecule has 5 aromatic carbocycles. The normalized spacial score (nSPS) is 30.0. The molecule has 0 aliphatic carbocycles. The highest BCUT2D eigenvalue weighted by Crippen LogP contribution is 2.70. The zero-order valence-corrected chi connectivity index (χ0v) is 33.6. The molecule has 0 spiro atoms. The van der Waals surface area contributed by atoms with E-state index in [0.717, 1.165) is 39.2 Å². The first-order valence-corrected chi connectivity index (χ1v) is 21.0. The Morgan fingerprint density at radius 1 is 0.567 bits per heavy atom. The lowest BCUT2D eigenvalue weighted by Gasteiger charge is -2.50. The van der Waals surface area contributed by atoms with E-state index in [-0.39, 0.29) is 23.6 Å². The molecule has 300 valence electrons. The molecule has 4 fully saturated rings. The van der Waals surface area contributed by atoms with Gasteiger partial charge in [0.05, 0.1) is 10.8 Å². The molecule has 8 unspecified atom stereocenters. The fourth-order valence-corrected chi connectivity index (χ4v) is 12.0. The Hall–Kier alpha value is -6.68. The average molecular weight is 795 g/mol. The van der Waals surface area contributed by atoms with Crippen LogP contribution in [0.3, 0.4) is 0 Å². The number of carbonyl (C=O) groups is 4. The van der Waals surface area contributed by atoms with E-state index >= 15 is 14.4 Å². The number of carbonyl (C=O) groups excluding carboxylic acids is 4. The highest BCUT2D eigenvalue weighted by atomic mass is 16.2. The van der Waals surface area contributed by atoms with Crippen LogP contribution in [0.2, 0.25) is 0 Å². The summed E-state index contributed by atoms with van der Waals surface area (Å²) in [6.45, 7) is 0. The van der Waals surface area contributed by atoms with Gasteiger partial charge in [0, 0.05) is 44.5 Å². The molecule has 0 aromatic heterocycles. The third-order valence-corrected chi connectivity index (χ3v) is 14.6. The number of nitrogens with one attached hydrogen (secondary N) is 1. The van der Waals surface area contributed by atoms with E-state index in [2.05, 4.69) is 46.8 Å². The predicted octanol–water partition coefficient (Wildman–Crippen LogP) is 5.80. The molecule has 1 N–H and O–H groups in total. The molecule has 0 saturated carbocycles. The smallest absolute Gasteiger partial charge is 0.248 e. The third kappa shape index (κ3) is 4.87. The molecule has 6 aliphatic rings. The van der Waals surface area contributed by atoms with Crippen molar-refractivity contribution < 1.29 is 19.2 Å². The topological polar surface area (TPSA) is 96.5 Å². The first kappa shape index (κ1) is 36.4. The van der Waals surface area contributed by atoms with Crippen molar-refractivity contribution in [3.8, 4) is 0 Å². The Labute approximate surface area is 349 Å². The van der Waals surface area contributed by atoms with E-state index in [9.17, 15) is 4.79 Å². The minimum absolute atomic E-state index is 0.103. The van der Waals surface area contributed by atoms with Gasteiger partial charge in [-0.2, -0.15) is 0 Å². The number of anilines is 2. The van der Waals surface area contributed by atoms with Crippen LogP contribution in [0.4, 0.5) is 11.4 Å². The van der Waals surface area contributed by atoms with Gasteiger partial charge in [0.1, 0.15) is 36.5 Å². The molecule has 6 aliphatic heterocycles. The summed E-state index contributed by atoms with van der Waals surface area (Å²) in [6.07, 6.45) is 4.23. The number of nitrogens with zero attached hydrogens (tertiary/aromatic N) is 5. The van der Waals surface area contributed by atoms with E-state index in [1.165, 1.54) is 0 Å². The van der Waals surface area contributed by atoms with Crippen molar-refractivity contribution in [3.63, 3.8) is 0 Å². The lowest BCUT2D eigenvalue weighted by molar-refractivity contribution is -0.159. The number of fused-ring (bicyclic) bond motifs is 11. The number of piperazine rings is 2. The van der Waals surface area contributed by atoms with Crippen molar-refractivity contribution in [1.82, 2.24) is 19.6 Å². The largest absolute Gasteiger partial charge is 0.364 e.